The lowest BCUT2D eigenvalue weighted by Gasteiger charge is -2.10. The molecule has 0 atom stereocenters. The van der Waals surface area contributed by atoms with E-state index < -0.39 is 0 Å². The number of nitrogens with one attached hydrogen (secondary N) is 1. The highest BCUT2D eigenvalue weighted by atomic mass is 14.8. The van der Waals surface area contributed by atoms with Gasteiger partial charge in [0.25, 0.3) is 0 Å². The summed E-state index contributed by atoms with van der Waals surface area (Å²) in [6.45, 7) is 5.28. The number of aryl methyl sites for hydroxylation is 2. The number of aromatic nitrogens is 1. The van der Waals surface area contributed by atoms with Crippen LogP contribution in [0.15, 0.2) is 36.7 Å². The molecule has 2 heteroatoms. The van der Waals surface area contributed by atoms with Crippen molar-refractivity contribution in [3.8, 4) is 11.1 Å². The Hall–Kier alpha value is -1.67. The van der Waals surface area contributed by atoms with Gasteiger partial charge in [-0.2, -0.15) is 0 Å². The van der Waals surface area contributed by atoms with Gasteiger partial charge in [-0.3, -0.25) is 4.98 Å². The van der Waals surface area contributed by atoms with E-state index in [1.54, 1.807) is 0 Å². The van der Waals surface area contributed by atoms with E-state index in [9.17, 15) is 0 Å². The van der Waals surface area contributed by atoms with Gasteiger partial charge in [0, 0.05) is 24.5 Å². The predicted octanol–water partition coefficient (Wildman–Crippen LogP) is 3.59. The first-order valence-corrected chi connectivity index (χ1v) is 6.99. The molecule has 0 amide bonds. The Labute approximate surface area is 115 Å². The van der Waals surface area contributed by atoms with E-state index in [0.29, 0.717) is 0 Å². The third kappa shape index (κ3) is 3.21. The number of rotatable bonds is 5. The first-order chi connectivity index (χ1) is 9.28. The Balaban J connectivity index is 2.38. The molecule has 2 rings (SSSR count). The van der Waals surface area contributed by atoms with Crippen LogP contribution in [0.3, 0.4) is 0 Å². The molecule has 0 bridgehead atoms. The van der Waals surface area contributed by atoms with Gasteiger partial charge in [0.2, 0.25) is 0 Å². The highest BCUT2D eigenvalue weighted by Crippen LogP contribution is 2.23. The Bertz CT molecular complexity index is 547. The fourth-order valence-corrected chi connectivity index (χ4v) is 2.43. The molecule has 0 spiro atoms. The molecule has 2 aromatic rings. The summed E-state index contributed by atoms with van der Waals surface area (Å²) in [5.74, 6) is 0. The van der Waals surface area contributed by atoms with Gasteiger partial charge in [0.05, 0.1) is 0 Å². The zero-order valence-electron chi connectivity index (χ0n) is 12.0. The normalized spacial score (nSPS) is 10.7. The Morgan fingerprint density at radius 2 is 1.74 bits per heavy atom. The molecule has 0 saturated heterocycles. The van der Waals surface area contributed by atoms with E-state index in [2.05, 4.69) is 48.4 Å². The molecule has 0 fully saturated rings. The predicted molar refractivity (Wildman–Crippen MR) is 81.2 cm³/mol. The van der Waals surface area contributed by atoms with Gasteiger partial charge in [-0.1, -0.05) is 32.0 Å². The lowest BCUT2D eigenvalue weighted by molar-refractivity contribution is 0.813. The van der Waals surface area contributed by atoms with E-state index in [1.807, 2.05) is 19.4 Å². The standard InChI is InChI=1S/C17H22N2/c1-4-14-6-7-16(9-15(14)5-2)17-8-13(10-18-3)11-19-12-17/h6-9,11-12,18H,4-5,10H2,1-3H3. The van der Waals surface area contributed by atoms with Crippen molar-refractivity contribution in [2.24, 2.45) is 0 Å². The number of hydrogen-bond acceptors (Lipinski definition) is 2. The second kappa shape index (κ2) is 6.48. The third-order valence-corrected chi connectivity index (χ3v) is 3.48. The summed E-state index contributed by atoms with van der Waals surface area (Å²) in [5.41, 5.74) is 6.58. The van der Waals surface area contributed by atoms with E-state index in [4.69, 9.17) is 0 Å². The molecule has 19 heavy (non-hydrogen) atoms. The van der Waals surface area contributed by atoms with Crippen LogP contribution in [0.1, 0.15) is 30.5 Å². The average molecular weight is 254 g/mol. The molecule has 2 nitrogen and oxygen atoms in total. The van der Waals surface area contributed by atoms with Gasteiger partial charge < -0.3 is 5.32 Å². The summed E-state index contributed by atoms with van der Waals surface area (Å²) >= 11 is 0. The van der Waals surface area contributed by atoms with Crippen molar-refractivity contribution in [3.63, 3.8) is 0 Å². The minimum atomic E-state index is 0.856. The first kappa shape index (κ1) is 13.8. The molecule has 0 aliphatic rings. The number of benzene rings is 1. The SMILES string of the molecule is CCc1ccc(-c2cncc(CNC)c2)cc1CC. The van der Waals surface area contributed by atoms with Crippen LogP contribution in [-0.2, 0) is 19.4 Å². The maximum atomic E-state index is 4.34. The minimum Gasteiger partial charge on any atom is -0.316 e. The number of nitrogens with zero attached hydrogens (tertiary/aromatic N) is 1. The van der Waals surface area contributed by atoms with Crippen molar-refractivity contribution in [1.29, 1.82) is 0 Å². The van der Waals surface area contributed by atoms with Crippen molar-refractivity contribution in [3.05, 3.63) is 53.3 Å². The molecule has 1 aromatic carbocycles. The molecule has 1 N–H and O–H groups in total. The fraction of sp³-hybridized carbons (Fsp3) is 0.353. The van der Waals surface area contributed by atoms with Crippen molar-refractivity contribution in [2.75, 3.05) is 7.05 Å². The topological polar surface area (TPSA) is 24.9 Å². The van der Waals surface area contributed by atoms with Crippen LogP contribution in [0.5, 0.6) is 0 Å². The number of hydrogen-bond donors (Lipinski definition) is 1. The molecule has 0 aliphatic heterocycles. The molecule has 1 aromatic heterocycles. The summed E-state index contributed by atoms with van der Waals surface area (Å²) in [4.78, 5) is 4.34. The van der Waals surface area contributed by atoms with Crippen LogP contribution in [0, 0.1) is 0 Å². The van der Waals surface area contributed by atoms with E-state index in [0.717, 1.165) is 19.4 Å². The minimum absolute atomic E-state index is 0.856. The first-order valence-electron chi connectivity index (χ1n) is 6.99. The Kier molecular flexibility index (Phi) is 4.69. The molecular weight excluding hydrogens is 232 g/mol. The van der Waals surface area contributed by atoms with Gasteiger partial charge in [-0.05, 0) is 48.2 Å². The van der Waals surface area contributed by atoms with Crippen molar-refractivity contribution >= 4 is 0 Å². The molecule has 0 unspecified atom stereocenters. The van der Waals surface area contributed by atoms with Crippen LogP contribution >= 0.6 is 0 Å². The monoisotopic (exact) mass is 254 g/mol. The lowest BCUT2D eigenvalue weighted by Crippen LogP contribution is -2.05. The highest BCUT2D eigenvalue weighted by molar-refractivity contribution is 5.64. The zero-order valence-corrected chi connectivity index (χ0v) is 12.0. The van der Waals surface area contributed by atoms with Crippen LogP contribution in [0.2, 0.25) is 0 Å². The third-order valence-electron chi connectivity index (χ3n) is 3.48. The van der Waals surface area contributed by atoms with E-state index >= 15 is 0 Å². The van der Waals surface area contributed by atoms with Gasteiger partial charge in [0.15, 0.2) is 0 Å². The van der Waals surface area contributed by atoms with Crippen molar-refractivity contribution in [1.82, 2.24) is 10.3 Å². The van der Waals surface area contributed by atoms with E-state index in [-0.39, 0.29) is 0 Å². The summed E-state index contributed by atoms with van der Waals surface area (Å²) in [6, 6.07) is 8.97. The van der Waals surface area contributed by atoms with Gasteiger partial charge in [-0.15, -0.1) is 0 Å². The van der Waals surface area contributed by atoms with Gasteiger partial charge in [0.1, 0.15) is 0 Å². The quantitative estimate of drug-likeness (QED) is 0.882. The van der Waals surface area contributed by atoms with Crippen molar-refractivity contribution in [2.45, 2.75) is 33.2 Å². The van der Waals surface area contributed by atoms with E-state index in [1.165, 1.54) is 27.8 Å². The summed E-state index contributed by atoms with van der Waals surface area (Å²) < 4.78 is 0. The van der Waals surface area contributed by atoms with Crippen LogP contribution in [0.25, 0.3) is 11.1 Å². The Morgan fingerprint density at radius 1 is 0.947 bits per heavy atom. The molecule has 0 radical (unpaired) electrons. The second-order valence-electron chi connectivity index (χ2n) is 4.80. The fourth-order valence-electron chi connectivity index (χ4n) is 2.43. The number of pyridine rings is 1. The highest BCUT2D eigenvalue weighted by Gasteiger charge is 2.04. The van der Waals surface area contributed by atoms with Crippen LogP contribution < -0.4 is 5.32 Å². The maximum Gasteiger partial charge on any atom is 0.0346 e. The summed E-state index contributed by atoms with van der Waals surface area (Å²) in [6.07, 6.45) is 6.04. The Morgan fingerprint density at radius 3 is 2.42 bits per heavy atom. The van der Waals surface area contributed by atoms with Crippen LogP contribution in [0.4, 0.5) is 0 Å². The van der Waals surface area contributed by atoms with Crippen molar-refractivity contribution < 1.29 is 0 Å². The summed E-state index contributed by atoms with van der Waals surface area (Å²) in [7, 11) is 1.96. The smallest absolute Gasteiger partial charge is 0.0346 e. The zero-order chi connectivity index (χ0) is 13.7. The van der Waals surface area contributed by atoms with Gasteiger partial charge >= 0.3 is 0 Å². The lowest BCUT2D eigenvalue weighted by atomic mass is 9.97. The summed E-state index contributed by atoms with van der Waals surface area (Å²) in [5, 5.41) is 3.16. The molecule has 1 heterocycles. The van der Waals surface area contributed by atoms with Crippen LogP contribution in [-0.4, -0.2) is 12.0 Å². The molecule has 100 valence electrons. The average Bonchev–Trinajstić information content (AvgIpc) is 2.47. The van der Waals surface area contributed by atoms with Gasteiger partial charge in [-0.25, -0.2) is 0 Å². The largest absolute Gasteiger partial charge is 0.316 e. The molecule has 0 aliphatic carbocycles. The second-order valence-corrected chi connectivity index (χ2v) is 4.80. The molecular formula is C17H22N2. The molecule has 0 saturated carbocycles. The maximum absolute atomic E-state index is 4.34.